The third kappa shape index (κ3) is 3.35. The second-order valence-electron chi connectivity index (χ2n) is 6.46. The minimum Gasteiger partial charge on any atom is -0.388 e. The highest BCUT2D eigenvalue weighted by molar-refractivity contribution is 5.85. The van der Waals surface area contributed by atoms with Crippen molar-refractivity contribution in [2.75, 3.05) is 13.6 Å². The minimum atomic E-state index is -0.680. The molecule has 2 saturated carbocycles. The molecule has 4 heteroatoms. The lowest BCUT2D eigenvalue weighted by molar-refractivity contribution is -0.140. The normalized spacial score (nSPS) is 30.4. The van der Waals surface area contributed by atoms with Gasteiger partial charge in [-0.2, -0.15) is 0 Å². The van der Waals surface area contributed by atoms with Crippen LogP contribution in [0, 0.1) is 11.8 Å². The van der Waals surface area contributed by atoms with E-state index < -0.39 is 5.60 Å². The number of amides is 1. The predicted molar refractivity (Wildman–Crippen MR) is 72.6 cm³/mol. The number of nitrogens with zero attached hydrogens (tertiary/aromatic N) is 1. The summed E-state index contributed by atoms with van der Waals surface area (Å²) in [5, 5.41) is 10.4. The molecule has 0 aromatic carbocycles. The number of aliphatic hydroxyl groups is 1. The first-order chi connectivity index (χ1) is 8.91. The highest BCUT2D eigenvalue weighted by Crippen LogP contribution is 2.32. The molecule has 0 aliphatic heterocycles. The molecule has 1 amide bonds. The summed E-state index contributed by atoms with van der Waals surface area (Å²) in [7, 11) is 1.78. The number of carbonyl (C=O) groups is 2. The molecule has 2 fully saturated rings. The molecule has 4 nitrogen and oxygen atoms in total. The van der Waals surface area contributed by atoms with Gasteiger partial charge in [0.25, 0.3) is 0 Å². The van der Waals surface area contributed by atoms with Crippen LogP contribution >= 0.6 is 0 Å². The van der Waals surface area contributed by atoms with E-state index in [0.29, 0.717) is 25.8 Å². The third-order valence-electron chi connectivity index (χ3n) is 4.72. The average Bonchev–Trinajstić information content (AvgIpc) is 2.78. The number of rotatable bonds is 3. The van der Waals surface area contributed by atoms with E-state index >= 15 is 0 Å². The molecule has 2 atom stereocenters. The van der Waals surface area contributed by atoms with Crippen molar-refractivity contribution in [2.24, 2.45) is 11.8 Å². The van der Waals surface area contributed by atoms with Gasteiger partial charge in [-0.05, 0) is 25.7 Å². The largest absolute Gasteiger partial charge is 0.388 e. The van der Waals surface area contributed by atoms with E-state index in [1.165, 1.54) is 0 Å². The highest BCUT2D eigenvalue weighted by atomic mass is 16.3. The van der Waals surface area contributed by atoms with Crippen molar-refractivity contribution in [1.82, 2.24) is 4.90 Å². The fourth-order valence-electron chi connectivity index (χ4n) is 3.49. The van der Waals surface area contributed by atoms with Gasteiger partial charge in [-0.15, -0.1) is 0 Å². The van der Waals surface area contributed by atoms with Crippen LogP contribution in [0.1, 0.15) is 51.9 Å². The van der Waals surface area contributed by atoms with Gasteiger partial charge in [-0.1, -0.05) is 19.8 Å². The molecular weight excluding hydrogens is 242 g/mol. The first-order valence-electron chi connectivity index (χ1n) is 7.41. The molecule has 0 radical (unpaired) electrons. The minimum absolute atomic E-state index is 0.00525. The lowest BCUT2D eigenvalue weighted by Crippen LogP contribution is -2.45. The van der Waals surface area contributed by atoms with Crippen LogP contribution in [0.15, 0.2) is 0 Å². The van der Waals surface area contributed by atoms with Gasteiger partial charge in [0, 0.05) is 31.8 Å². The summed E-state index contributed by atoms with van der Waals surface area (Å²) < 4.78 is 0. The van der Waals surface area contributed by atoms with Gasteiger partial charge in [-0.3, -0.25) is 9.59 Å². The molecule has 19 heavy (non-hydrogen) atoms. The van der Waals surface area contributed by atoms with Crippen molar-refractivity contribution in [3.05, 3.63) is 0 Å². The van der Waals surface area contributed by atoms with Gasteiger partial charge in [0.2, 0.25) is 5.91 Å². The SMILES string of the molecule is C[C@@H]1C[C@H](C(=O)N(C)CC2(O)CCCC2)CCC1=O. The van der Waals surface area contributed by atoms with E-state index in [-0.39, 0.29) is 23.5 Å². The summed E-state index contributed by atoms with van der Waals surface area (Å²) in [5.74, 6) is 0.342. The zero-order chi connectivity index (χ0) is 14.0. The van der Waals surface area contributed by atoms with Gasteiger partial charge in [0.05, 0.1) is 5.60 Å². The summed E-state index contributed by atoms with van der Waals surface area (Å²) in [5.41, 5.74) is -0.680. The van der Waals surface area contributed by atoms with Crippen molar-refractivity contribution in [1.29, 1.82) is 0 Å². The van der Waals surface area contributed by atoms with E-state index in [4.69, 9.17) is 0 Å². The van der Waals surface area contributed by atoms with E-state index in [2.05, 4.69) is 0 Å². The molecule has 2 aliphatic carbocycles. The van der Waals surface area contributed by atoms with E-state index in [0.717, 1.165) is 25.7 Å². The van der Waals surface area contributed by atoms with Crippen LogP contribution in [-0.4, -0.2) is 40.9 Å². The maximum Gasteiger partial charge on any atom is 0.225 e. The zero-order valence-corrected chi connectivity index (χ0v) is 12.0. The first kappa shape index (κ1) is 14.5. The molecular formula is C15H25NO3. The summed E-state index contributed by atoms with van der Waals surface area (Å²) in [6.07, 6.45) is 5.55. The van der Waals surface area contributed by atoms with Crippen LogP contribution < -0.4 is 0 Å². The number of Topliss-reactive ketones (excluding diaryl/α,β-unsaturated/α-hetero) is 1. The summed E-state index contributed by atoms with van der Waals surface area (Å²) in [4.78, 5) is 25.6. The quantitative estimate of drug-likeness (QED) is 0.847. The fourth-order valence-corrected chi connectivity index (χ4v) is 3.49. The molecule has 1 N–H and O–H groups in total. The Balaban J connectivity index is 1.90. The second kappa shape index (κ2) is 5.61. The Bertz CT molecular complexity index is 360. The van der Waals surface area contributed by atoms with Crippen LogP contribution in [-0.2, 0) is 9.59 Å². The topological polar surface area (TPSA) is 57.6 Å². The summed E-state index contributed by atoms with van der Waals surface area (Å²) in [6.45, 7) is 2.34. The Morgan fingerprint density at radius 2 is 2.05 bits per heavy atom. The zero-order valence-electron chi connectivity index (χ0n) is 12.0. The van der Waals surface area contributed by atoms with Crippen LogP contribution in [0.3, 0.4) is 0 Å². The summed E-state index contributed by atoms with van der Waals surface area (Å²) >= 11 is 0. The first-order valence-corrected chi connectivity index (χ1v) is 7.41. The van der Waals surface area contributed by atoms with Crippen LogP contribution in [0.2, 0.25) is 0 Å². The molecule has 2 rings (SSSR count). The van der Waals surface area contributed by atoms with E-state index in [1.807, 2.05) is 6.92 Å². The van der Waals surface area contributed by atoms with Crippen LogP contribution in [0.25, 0.3) is 0 Å². The van der Waals surface area contributed by atoms with Crippen molar-refractivity contribution in [2.45, 2.75) is 57.5 Å². The van der Waals surface area contributed by atoms with E-state index in [1.54, 1.807) is 11.9 Å². The van der Waals surface area contributed by atoms with Crippen molar-refractivity contribution < 1.29 is 14.7 Å². The highest BCUT2D eigenvalue weighted by Gasteiger charge is 2.36. The Morgan fingerprint density at radius 3 is 2.63 bits per heavy atom. The molecule has 108 valence electrons. The maximum atomic E-state index is 12.4. The molecule has 0 saturated heterocycles. The fraction of sp³-hybridized carbons (Fsp3) is 0.867. The van der Waals surface area contributed by atoms with Gasteiger partial charge in [0.1, 0.15) is 5.78 Å². The molecule has 0 spiro atoms. The lowest BCUT2D eigenvalue weighted by atomic mass is 9.80. The third-order valence-corrected chi connectivity index (χ3v) is 4.72. The Hall–Kier alpha value is -0.900. The second-order valence-corrected chi connectivity index (χ2v) is 6.46. The molecule has 2 aliphatic rings. The van der Waals surface area contributed by atoms with Gasteiger partial charge < -0.3 is 10.0 Å². The van der Waals surface area contributed by atoms with Gasteiger partial charge in [-0.25, -0.2) is 0 Å². The molecule has 0 unspecified atom stereocenters. The predicted octanol–water partition coefficient (Wildman–Crippen LogP) is 1.76. The smallest absolute Gasteiger partial charge is 0.225 e. The number of ketones is 1. The van der Waals surface area contributed by atoms with Crippen LogP contribution in [0.4, 0.5) is 0 Å². The number of hydrogen-bond donors (Lipinski definition) is 1. The summed E-state index contributed by atoms with van der Waals surface area (Å²) in [6, 6.07) is 0. The van der Waals surface area contributed by atoms with Crippen molar-refractivity contribution in [3.8, 4) is 0 Å². The van der Waals surface area contributed by atoms with Gasteiger partial charge in [0.15, 0.2) is 0 Å². The average molecular weight is 267 g/mol. The maximum absolute atomic E-state index is 12.4. The Labute approximate surface area is 115 Å². The van der Waals surface area contributed by atoms with Gasteiger partial charge >= 0.3 is 0 Å². The van der Waals surface area contributed by atoms with Crippen LogP contribution in [0.5, 0.6) is 0 Å². The molecule has 0 aromatic heterocycles. The monoisotopic (exact) mass is 267 g/mol. The Kier molecular flexibility index (Phi) is 4.29. The Morgan fingerprint density at radius 1 is 1.42 bits per heavy atom. The lowest BCUT2D eigenvalue weighted by Gasteiger charge is -2.33. The van der Waals surface area contributed by atoms with Crippen molar-refractivity contribution >= 4 is 11.7 Å². The standard InChI is InChI=1S/C15H25NO3/c1-11-9-12(5-6-13(11)17)14(18)16(2)10-15(19)7-3-4-8-15/h11-12,19H,3-10H2,1-2H3/t11-,12-/m1/s1. The van der Waals surface area contributed by atoms with E-state index in [9.17, 15) is 14.7 Å². The van der Waals surface area contributed by atoms with Crippen molar-refractivity contribution in [3.63, 3.8) is 0 Å². The molecule has 0 heterocycles. The molecule has 0 bridgehead atoms. The number of carbonyl (C=O) groups excluding carboxylic acids is 2. The number of hydrogen-bond acceptors (Lipinski definition) is 3. The number of likely N-dealkylation sites (N-methyl/N-ethyl adjacent to an activating group) is 1. The molecule has 0 aromatic rings.